The number of nitrogens with one attached hydrogen (secondary N) is 2. The molecule has 0 spiro atoms. The second kappa shape index (κ2) is 9.73. The summed E-state index contributed by atoms with van der Waals surface area (Å²) in [6.45, 7) is 10.6. The van der Waals surface area contributed by atoms with Gasteiger partial charge in [-0.3, -0.25) is 4.90 Å². The first kappa shape index (κ1) is 24.4. The molecule has 4 aromatic heterocycles. The molecular formula is C27H29F2N9. The van der Waals surface area contributed by atoms with Crippen LogP contribution in [-0.2, 0) is 6.67 Å². The summed E-state index contributed by atoms with van der Waals surface area (Å²) in [7, 11) is 0. The number of rotatable bonds is 6. The molecule has 1 aliphatic heterocycles. The first-order valence-corrected chi connectivity index (χ1v) is 12.7. The molecule has 1 aromatic carbocycles. The van der Waals surface area contributed by atoms with E-state index in [0.717, 1.165) is 50.1 Å². The fraction of sp³-hybridized carbons (Fsp3) is 0.333. The van der Waals surface area contributed by atoms with Gasteiger partial charge in [-0.25, -0.2) is 28.7 Å². The summed E-state index contributed by atoms with van der Waals surface area (Å²) < 4.78 is 34.0. The van der Waals surface area contributed by atoms with E-state index in [1.165, 1.54) is 6.07 Å². The van der Waals surface area contributed by atoms with Crippen molar-refractivity contribution in [3.05, 3.63) is 60.2 Å². The van der Waals surface area contributed by atoms with Crippen LogP contribution in [0, 0.1) is 18.6 Å². The van der Waals surface area contributed by atoms with Gasteiger partial charge in [0.15, 0.2) is 11.6 Å². The van der Waals surface area contributed by atoms with E-state index in [-0.39, 0.29) is 23.2 Å². The highest BCUT2D eigenvalue weighted by Crippen LogP contribution is 2.30. The van der Waals surface area contributed by atoms with Crippen LogP contribution in [0.1, 0.15) is 25.7 Å². The summed E-state index contributed by atoms with van der Waals surface area (Å²) in [5.41, 5.74) is 3.02. The monoisotopic (exact) mass is 517 g/mol. The number of fused-ring (bicyclic) bond motifs is 2. The van der Waals surface area contributed by atoms with Gasteiger partial charge in [0.1, 0.15) is 22.9 Å². The minimum absolute atomic E-state index is 0.000659. The van der Waals surface area contributed by atoms with E-state index in [4.69, 9.17) is 0 Å². The molecule has 38 heavy (non-hydrogen) atoms. The molecule has 196 valence electrons. The van der Waals surface area contributed by atoms with Crippen molar-refractivity contribution in [2.45, 2.75) is 33.5 Å². The quantitative estimate of drug-likeness (QED) is 0.340. The van der Waals surface area contributed by atoms with Gasteiger partial charge in [-0.15, -0.1) is 0 Å². The predicted octanol–water partition coefficient (Wildman–Crippen LogP) is 4.62. The Labute approximate surface area is 218 Å². The fourth-order valence-electron chi connectivity index (χ4n) is 5.14. The number of anilines is 2. The third kappa shape index (κ3) is 4.48. The minimum Gasteiger partial charge on any atom is -0.333 e. The van der Waals surface area contributed by atoms with Crippen molar-refractivity contribution in [3.8, 4) is 11.3 Å². The molecule has 11 heteroatoms. The van der Waals surface area contributed by atoms with E-state index in [1.54, 1.807) is 6.07 Å². The van der Waals surface area contributed by atoms with Crippen LogP contribution in [0.3, 0.4) is 0 Å². The van der Waals surface area contributed by atoms with Gasteiger partial charge < -0.3 is 19.8 Å². The number of hydrogen-bond donors (Lipinski definition) is 2. The molecule has 6 rings (SSSR count). The Bertz CT molecular complexity index is 1630. The zero-order valence-electron chi connectivity index (χ0n) is 21.5. The third-order valence-electron chi connectivity index (χ3n) is 6.89. The van der Waals surface area contributed by atoms with Gasteiger partial charge in [0.2, 0.25) is 5.95 Å². The van der Waals surface area contributed by atoms with Gasteiger partial charge in [-0.1, -0.05) is 0 Å². The van der Waals surface area contributed by atoms with Crippen molar-refractivity contribution in [2.75, 3.05) is 31.5 Å². The Kier molecular flexibility index (Phi) is 6.24. The zero-order valence-corrected chi connectivity index (χ0v) is 21.5. The Morgan fingerprint density at radius 2 is 1.82 bits per heavy atom. The number of hydrogen-bond acceptors (Lipinski definition) is 7. The lowest BCUT2D eigenvalue weighted by Gasteiger charge is -2.27. The van der Waals surface area contributed by atoms with Crippen molar-refractivity contribution in [2.24, 2.45) is 0 Å². The summed E-state index contributed by atoms with van der Waals surface area (Å²) in [5.74, 6) is 0.229. The summed E-state index contributed by atoms with van der Waals surface area (Å²) >= 11 is 0. The Morgan fingerprint density at radius 3 is 2.61 bits per heavy atom. The highest BCUT2D eigenvalue weighted by atomic mass is 19.1. The molecule has 0 atom stereocenters. The van der Waals surface area contributed by atoms with E-state index >= 15 is 0 Å². The molecule has 9 nitrogen and oxygen atoms in total. The average Bonchev–Trinajstić information content (AvgIpc) is 3.45. The number of imidazole rings is 1. The van der Waals surface area contributed by atoms with E-state index in [1.807, 2.05) is 49.7 Å². The maximum absolute atomic E-state index is 15.0. The van der Waals surface area contributed by atoms with Crippen molar-refractivity contribution >= 4 is 33.8 Å². The van der Waals surface area contributed by atoms with Gasteiger partial charge >= 0.3 is 0 Å². The maximum Gasteiger partial charge on any atom is 0.229 e. The van der Waals surface area contributed by atoms with Crippen LogP contribution in [0.5, 0.6) is 0 Å². The number of aryl methyl sites for hydroxylation is 1. The lowest BCUT2D eigenvalue weighted by molar-refractivity contribution is 0.196. The van der Waals surface area contributed by atoms with Crippen LogP contribution in [0.25, 0.3) is 33.3 Å². The van der Waals surface area contributed by atoms with E-state index in [2.05, 4.69) is 40.0 Å². The molecule has 0 saturated carbocycles. The van der Waals surface area contributed by atoms with E-state index < -0.39 is 11.6 Å². The molecule has 1 saturated heterocycles. The molecule has 2 N–H and O–H groups in total. The first-order chi connectivity index (χ1) is 18.4. The number of pyridine rings is 1. The highest BCUT2D eigenvalue weighted by Gasteiger charge is 2.19. The maximum atomic E-state index is 15.0. The molecule has 5 heterocycles. The lowest BCUT2D eigenvalue weighted by Crippen LogP contribution is -2.43. The SMILES string of the molecule is Cc1nc2c(F)cc(-c3nc(Nc4ccc5c(ccn5CN5CCNCC5)n4)ncc3F)cc2n1C(C)C. The van der Waals surface area contributed by atoms with Crippen molar-refractivity contribution in [3.63, 3.8) is 0 Å². The Balaban J connectivity index is 1.29. The van der Waals surface area contributed by atoms with Crippen molar-refractivity contribution < 1.29 is 8.78 Å². The molecular weight excluding hydrogens is 488 g/mol. The Morgan fingerprint density at radius 1 is 1.00 bits per heavy atom. The number of aromatic nitrogens is 6. The van der Waals surface area contributed by atoms with Crippen LogP contribution >= 0.6 is 0 Å². The van der Waals surface area contributed by atoms with Gasteiger partial charge in [0.25, 0.3) is 0 Å². The van der Waals surface area contributed by atoms with Gasteiger partial charge in [0.05, 0.1) is 29.4 Å². The second-order valence-electron chi connectivity index (χ2n) is 9.86. The number of nitrogens with zero attached hydrogens (tertiary/aromatic N) is 7. The molecule has 1 fully saturated rings. The minimum atomic E-state index is -0.643. The molecule has 0 aliphatic carbocycles. The first-order valence-electron chi connectivity index (χ1n) is 12.7. The summed E-state index contributed by atoms with van der Waals surface area (Å²) in [6.07, 6.45) is 3.12. The third-order valence-corrected chi connectivity index (χ3v) is 6.89. The summed E-state index contributed by atoms with van der Waals surface area (Å²) in [5, 5.41) is 6.44. The smallest absolute Gasteiger partial charge is 0.229 e. The normalized spacial score (nSPS) is 14.7. The standard InChI is InChI=1S/C27H29F2N9/c1-16(2)38-17(3)32-26-19(28)12-18(13-23(26)38)25-20(29)14-31-27(35-25)34-24-5-4-22-21(33-24)6-9-37(22)15-36-10-7-30-8-11-36/h4-6,9,12-14,16,30H,7-8,10-11,15H2,1-3H3,(H,31,33,34,35). The van der Waals surface area contributed by atoms with Gasteiger partial charge in [-0.2, -0.15) is 0 Å². The van der Waals surface area contributed by atoms with Crippen LogP contribution < -0.4 is 10.6 Å². The lowest BCUT2D eigenvalue weighted by atomic mass is 10.1. The topological polar surface area (TPSA) is 88.7 Å². The zero-order chi connectivity index (χ0) is 26.4. The average molecular weight is 518 g/mol. The molecule has 0 amide bonds. The highest BCUT2D eigenvalue weighted by molar-refractivity contribution is 5.83. The summed E-state index contributed by atoms with van der Waals surface area (Å²) in [6, 6.07) is 8.86. The predicted molar refractivity (Wildman–Crippen MR) is 143 cm³/mol. The van der Waals surface area contributed by atoms with Crippen LogP contribution in [-0.4, -0.2) is 60.1 Å². The second-order valence-corrected chi connectivity index (χ2v) is 9.86. The Hall–Kier alpha value is -3.96. The summed E-state index contributed by atoms with van der Waals surface area (Å²) in [4.78, 5) is 19.9. The number of piperazine rings is 1. The molecule has 1 aliphatic rings. The van der Waals surface area contributed by atoms with E-state index in [0.29, 0.717) is 22.7 Å². The number of halogens is 2. The van der Waals surface area contributed by atoms with Crippen molar-refractivity contribution in [1.29, 1.82) is 0 Å². The molecule has 0 radical (unpaired) electrons. The van der Waals surface area contributed by atoms with Crippen LogP contribution in [0.15, 0.2) is 42.7 Å². The van der Waals surface area contributed by atoms with Crippen LogP contribution in [0.2, 0.25) is 0 Å². The van der Waals surface area contributed by atoms with Gasteiger partial charge in [-0.05, 0) is 51.1 Å². The molecule has 0 bridgehead atoms. The molecule has 5 aromatic rings. The largest absolute Gasteiger partial charge is 0.333 e. The van der Waals surface area contributed by atoms with Gasteiger partial charge in [0, 0.05) is 44.0 Å². The van der Waals surface area contributed by atoms with Crippen LogP contribution in [0.4, 0.5) is 20.5 Å². The van der Waals surface area contributed by atoms with Crippen molar-refractivity contribution in [1.82, 2.24) is 39.3 Å². The fourth-order valence-corrected chi connectivity index (χ4v) is 5.14. The molecule has 0 unspecified atom stereocenters. The number of benzene rings is 1. The van der Waals surface area contributed by atoms with E-state index in [9.17, 15) is 8.78 Å².